The van der Waals surface area contributed by atoms with Crippen molar-refractivity contribution in [3.05, 3.63) is 71.8 Å². The molecule has 0 amide bonds. The highest BCUT2D eigenvalue weighted by Gasteiger charge is 1.84. The van der Waals surface area contributed by atoms with Crippen molar-refractivity contribution >= 4 is 20.7 Å². The first-order valence-electron chi connectivity index (χ1n) is 5.39. The maximum atomic E-state index is 7.45. The summed E-state index contributed by atoms with van der Waals surface area (Å²) in [5.41, 5.74) is 6.75. The van der Waals surface area contributed by atoms with Crippen molar-refractivity contribution in [2.45, 2.75) is 0 Å². The van der Waals surface area contributed by atoms with Crippen LogP contribution in [0.2, 0.25) is 0 Å². The van der Waals surface area contributed by atoms with E-state index in [1.165, 1.54) is 11.1 Å². The van der Waals surface area contributed by atoms with Gasteiger partial charge in [0.15, 0.2) is 0 Å². The van der Waals surface area contributed by atoms with Crippen LogP contribution in [-0.2, 0) is 0 Å². The zero-order valence-corrected chi connectivity index (χ0v) is 10.7. The zero-order chi connectivity index (χ0) is 13.2. The highest BCUT2D eigenvalue weighted by molar-refractivity contribution is 7.42. The predicted octanol–water partition coefficient (Wildman–Crippen LogP) is 3.01. The summed E-state index contributed by atoms with van der Waals surface area (Å²) in [6.45, 7) is 0. The van der Waals surface area contributed by atoms with Crippen LogP contribution in [-0.4, -0.2) is 9.79 Å². The van der Waals surface area contributed by atoms with Crippen molar-refractivity contribution in [3.63, 3.8) is 0 Å². The first-order valence-corrected chi connectivity index (χ1v) is 6.71. The van der Waals surface area contributed by atoms with Gasteiger partial charge in [-0.05, 0) is 11.1 Å². The van der Waals surface area contributed by atoms with E-state index in [0.29, 0.717) is 0 Å². The lowest BCUT2D eigenvalue weighted by molar-refractivity contribution is 0.485. The Labute approximate surface area is 108 Å². The molecule has 0 atom stereocenters. The van der Waals surface area contributed by atoms with Crippen molar-refractivity contribution in [1.82, 2.24) is 0 Å². The minimum atomic E-state index is -2.12. The molecular formula is C14H16NO2P. The smallest absolute Gasteiger partial charge is 0.247 e. The molecule has 0 aliphatic heterocycles. The van der Waals surface area contributed by atoms with Crippen LogP contribution in [0.5, 0.6) is 0 Å². The molecule has 2 aromatic carbocycles. The Kier molecular flexibility index (Phi) is 6.92. The predicted molar refractivity (Wildman–Crippen MR) is 77.4 cm³/mol. The summed E-state index contributed by atoms with van der Waals surface area (Å²) in [6, 6.07) is 20.6. The molecule has 3 nitrogen and oxygen atoms in total. The number of hydrogen-bond acceptors (Lipinski definition) is 3. The summed E-state index contributed by atoms with van der Waals surface area (Å²) in [7, 11) is -2.12. The van der Waals surface area contributed by atoms with Crippen LogP contribution in [0, 0.1) is 0 Å². The standard InChI is InChI=1S/C14H12.H4NO2P/c1-3-7-13(8-4-1)11-12-14-9-5-2-6-10-14;1-4(2)3/h1-12H;2-3H,1H2. The fraction of sp³-hybridized carbons (Fsp3) is 0. The lowest BCUT2D eigenvalue weighted by atomic mass is 10.1. The Hall–Kier alpha value is -1.51. The molecule has 0 bridgehead atoms. The van der Waals surface area contributed by atoms with Crippen LogP contribution < -0.4 is 5.50 Å². The van der Waals surface area contributed by atoms with Crippen LogP contribution in [0.1, 0.15) is 11.1 Å². The van der Waals surface area contributed by atoms with E-state index in [4.69, 9.17) is 9.79 Å². The molecule has 0 radical (unpaired) electrons. The summed E-state index contributed by atoms with van der Waals surface area (Å²) in [5, 5.41) is 0. The summed E-state index contributed by atoms with van der Waals surface area (Å²) in [6.07, 6.45) is 4.24. The van der Waals surface area contributed by atoms with Gasteiger partial charge in [0.2, 0.25) is 8.53 Å². The Morgan fingerprint density at radius 1 is 0.722 bits per heavy atom. The van der Waals surface area contributed by atoms with Gasteiger partial charge < -0.3 is 9.79 Å². The van der Waals surface area contributed by atoms with Gasteiger partial charge in [0.1, 0.15) is 0 Å². The van der Waals surface area contributed by atoms with Crippen molar-refractivity contribution < 1.29 is 9.79 Å². The highest BCUT2D eigenvalue weighted by atomic mass is 31.2. The Bertz CT molecular complexity index is 413. The largest absolute Gasteiger partial charge is 0.338 e. The number of benzene rings is 2. The Morgan fingerprint density at radius 2 is 1.00 bits per heavy atom. The molecular weight excluding hydrogens is 245 g/mol. The summed E-state index contributed by atoms with van der Waals surface area (Å²) in [4.78, 5) is 14.9. The van der Waals surface area contributed by atoms with E-state index in [9.17, 15) is 0 Å². The molecule has 0 saturated heterocycles. The third-order valence-corrected chi connectivity index (χ3v) is 2.07. The second kappa shape index (κ2) is 8.56. The van der Waals surface area contributed by atoms with E-state index in [-0.39, 0.29) is 0 Å². The van der Waals surface area contributed by atoms with E-state index < -0.39 is 8.53 Å². The number of hydrogen-bond donors (Lipinski definition) is 3. The molecule has 4 N–H and O–H groups in total. The third kappa shape index (κ3) is 6.94. The van der Waals surface area contributed by atoms with Crippen LogP contribution in [0.3, 0.4) is 0 Å². The second-order valence-corrected chi connectivity index (χ2v) is 4.12. The maximum Gasteiger partial charge on any atom is 0.247 e. The molecule has 2 rings (SSSR count). The van der Waals surface area contributed by atoms with Gasteiger partial charge in [-0.15, -0.1) is 0 Å². The van der Waals surface area contributed by atoms with Gasteiger partial charge in [-0.3, -0.25) is 5.50 Å². The molecule has 0 heterocycles. The fourth-order valence-corrected chi connectivity index (χ4v) is 1.32. The SMILES string of the molecule is C(=Cc1ccccc1)c1ccccc1.NP(O)O. The molecule has 4 heteroatoms. The maximum absolute atomic E-state index is 7.45. The topological polar surface area (TPSA) is 66.5 Å². The van der Waals surface area contributed by atoms with Crippen LogP contribution in [0.4, 0.5) is 0 Å². The highest BCUT2D eigenvalue weighted by Crippen LogP contribution is 2.07. The van der Waals surface area contributed by atoms with E-state index in [1.807, 2.05) is 36.4 Å². The molecule has 0 saturated carbocycles. The molecule has 0 aromatic heterocycles. The zero-order valence-electron chi connectivity index (χ0n) is 9.85. The third-order valence-electron chi connectivity index (χ3n) is 2.07. The monoisotopic (exact) mass is 261 g/mol. The average molecular weight is 261 g/mol. The molecule has 0 spiro atoms. The Balaban J connectivity index is 0.000000357. The normalized spacial score (nSPS) is 10.2. The van der Waals surface area contributed by atoms with Gasteiger partial charge >= 0.3 is 0 Å². The van der Waals surface area contributed by atoms with Crippen molar-refractivity contribution in [2.75, 3.05) is 0 Å². The average Bonchev–Trinajstić information content (AvgIpc) is 2.38. The molecule has 18 heavy (non-hydrogen) atoms. The van der Waals surface area contributed by atoms with Gasteiger partial charge in [0.25, 0.3) is 0 Å². The molecule has 0 fully saturated rings. The van der Waals surface area contributed by atoms with Gasteiger partial charge in [0.05, 0.1) is 0 Å². The molecule has 0 unspecified atom stereocenters. The number of rotatable bonds is 2. The molecule has 0 aliphatic rings. The van der Waals surface area contributed by atoms with E-state index in [2.05, 4.69) is 41.9 Å². The summed E-state index contributed by atoms with van der Waals surface area (Å²) >= 11 is 0. The van der Waals surface area contributed by atoms with Gasteiger partial charge in [-0.25, -0.2) is 0 Å². The molecule has 94 valence electrons. The summed E-state index contributed by atoms with van der Waals surface area (Å²) in [5.74, 6) is 0. The van der Waals surface area contributed by atoms with Gasteiger partial charge in [-0.1, -0.05) is 72.8 Å². The van der Waals surface area contributed by atoms with Gasteiger partial charge in [-0.2, -0.15) is 0 Å². The van der Waals surface area contributed by atoms with Crippen LogP contribution in [0.15, 0.2) is 60.7 Å². The molecule has 2 aromatic rings. The van der Waals surface area contributed by atoms with Crippen LogP contribution >= 0.6 is 8.53 Å². The van der Waals surface area contributed by atoms with E-state index >= 15 is 0 Å². The minimum Gasteiger partial charge on any atom is -0.338 e. The van der Waals surface area contributed by atoms with Crippen molar-refractivity contribution in [2.24, 2.45) is 5.50 Å². The first kappa shape index (κ1) is 14.6. The lowest BCUT2D eigenvalue weighted by Crippen LogP contribution is -1.78. The van der Waals surface area contributed by atoms with E-state index in [0.717, 1.165) is 0 Å². The van der Waals surface area contributed by atoms with Crippen LogP contribution in [0.25, 0.3) is 12.2 Å². The lowest BCUT2D eigenvalue weighted by Gasteiger charge is -1.92. The quantitative estimate of drug-likeness (QED) is 0.575. The first-order chi connectivity index (χ1) is 8.68. The van der Waals surface area contributed by atoms with Gasteiger partial charge in [0, 0.05) is 0 Å². The van der Waals surface area contributed by atoms with Crippen molar-refractivity contribution in [3.8, 4) is 0 Å². The fourth-order valence-electron chi connectivity index (χ4n) is 1.32. The van der Waals surface area contributed by atoms with Crippen molar-refractivity contribution in [1.29, 1.82) is 0 Å². The Morgan fingerprint density at radius 3 is 1.28 bits per heavy atom. The number of nitrogens with two attached hydrogens (primary N) is 1. The van der Waals surface area contributed by atoms with E-state index in [1.54, 1.807) is 0 Å². The summed E-state index contributed by atoms with van der Waals surface area (Å²) < 4.78 is 0. The second-order valence-electron chi connectivity index (χ2n) is 3.48. The molecule has 0 aliphatic carbocycles. The minimum absolute atomic E-state index is 1.23.